The maximum atomic E-state index is 5.72. The van der Waals surface area contributed by atoms with Gasteiger partial charge in [-0.25, -0.2) is 15.0 Å². The first kappa shape index (κ1) is 19.4. The molecule has 158 valence electrons. The highest BCUT2D eigenvalue weighted by Gasteiger charge is 2.20. The van der Waals surface area contributed by atoms with Crippen molar-refractivity contribution in [3.63, 3.8) is 0 Å². The van der Waals surface area contributed by atoms with E-state index < -0.39 is 0 Å². The van der Waals surface area contributed by atoms with Crippen LogP contribution < -0.4 is 0 Å². The number of ether oxygens (including phenoxy) is 2. The topological polar surface area (TPSA) is 56.1 Å². The predicted octanol–water partition coefficient (Wildman–Crippen LogP) is 5.76. The van der Waals surface area contributed by atoms with Gasteiger partial charge in [0.1, 0.15) is 24.6 Å². The number of aromatic nitrogens is 1. The summed E-state index contributed by atoms with van der Waals surface area (Å²) in [6, 6.07) is 19.3. The van der Waals surface area contributed by atoms with E-state index in [-0.39, 0.29) is 0 Å². The van der Waals surface area contributed by atoms with E-state index in [1.54, 1.807) is 22.7 Å². The molecule has 3 aromatic heterocycles. The Balaban J connectivity index is 1.54. The Bertz CT molecular complexity index is 1230. The van der Waals surface area contributed by atoms with E-state index in [1.807, 2.05) is 0 Å². The summed E-state index contributed by atoms with van der Waals surface area (Å²) in [6.45, 7) is 2.49. The molecule has 32 heavy (non-hydrogen) atoms. The quantitative estimate of drug-likeness (QED) is 0.383. The second-order valence-electron chi connectivity index (χ2n) is 7.45. The van der Waals surface area contributed by atoms with E-state index in [2.05, 4.69) is 75.3 Å². The van der Waals surface area contributed by atoms with Crippen molar-refractivity contribution in [2.45, 2.75) is 0 Å². The first-order chi connectivity index (χ1) is 15.8. The van der Waals surface area contributed by atoms with Crippen LogP contribution >= 0.6 is 22.7 Å². The van der Waals surface area contributed by atoms with Crippen LogP contribution in [0.15, 0.2) is 75.3 Å². The van der Waals surface area contributed by atoms with E-state index in [1.165, 1.54) is 20.9 Å². The van der Waals surface area contributed by atoms with Crippen LogP contribution in [0, 0.1) is 0 Å². The summed E-state index contributed by atoms with van der Waals surface area (Å²) in [4.78, 5) is 16.2. The number of thiophene rings is 2. The maximum absolute atomic E-state index is 5.72. The Morgan fingerprint density at radius 2 is 1.12 bits per heavy atom. The van der Waals surface area contributed by atoms with Gasteiger partial charge in [-0.05, 0) is 75.5 Å². The SMILES string of the molecule is c1csc(-c2cc(-c3cc(C4=NCCO4)nc(C4=NCCO4)c3)cc(-c3cccs3)c2)c1. The molecule has 0 unspecified atom stereocenters. The van der Waals surface area contributed by atoms with E-state index in [0.29, 0.717) is 49.5 Å². The molecule has 0 amide bonds. The van der Waals surface area contributed by atoms with Crippen molar-refractivity contribution in [3.8, 4) is 32.0 Å². The van der Waals surface area contributed by atoms with E-state index in [9.17, 15) is 0 Å². The molecule has 0 aliphatic carbocycles. The summed E-state index contributed by atoms with van der Waals surface area (Å²) < 4.78 is 11.4. The lowest BCUT2D eigenvalue weighted by Crippen LogP contribution is -2.11. The number of rotatable bonds is 5. The minimum Gasteiger partial charge on any atom is -0.474 e. The number of hydrogen-bond acceptors (Lipinski definition) is 7. The summed E-state index contributed by atoms with van der Waals surface area (Å²) in [5.74, 6) is 1.17. The Kier molecular flexibility index (Phi) is 5.05. The Morgan fingerprint density at radius 1 is 0.625 bits per heavy atom. The predicted molar refractivity (Wildman–Crippen MR) is 131 cm³/mol. The molecule has 0 saturated heterocycles. The van der Waals surface area contributed by atoms with Gasteiger partial charge in [0, 0.05) is 9.75 Å². The average molecular weight is 458 g/mol. The van der Waals surface area contributed by atoms with Gasteiger partial charge >= 0.3 is 0 Å². The third-order valence-corrected chi connectivity index (χ3v) is 7.15. The first-order valence-electron chi connectivity index (χ1n) is 10.4. The van der Waals surface area contributed by atoms with Crippen LogP contribution in [0.2, 0.25) is 0 Å². The van der Waals surface area contributed by atoms with Crippen molar-refractivity contribution in [3.05, 3.63) is 76.7 Å². The van der Waals surface area contributed by atoms with Crippen LogP contribution in [-0.2, 0) is 9.47 Å². The van der Waals surface area contributed by atoms with Gasteiger partial charge in [-0.15, -0.1) is 22.7 Å². The van der Waals surface area contributed by atoms with Crippen LogP contribution in [0.25, 0.3) is 32.0 Å². The molecule has 0 radical (unpaired) electrons. The largest absolute Gasteiger partial charge is 0.474 e. The fraction of sp³-hybridized carbons (Fsp3) is 0.160. The van der Waals surface area contributed by atoms with Gasteiger partial charge in [-0.3, -0.25) is 0 Å². The summed E-state index contributed by atoms with van der Waals surface area (Å²) in [5.41, 5.74) is 5.98. The molecule has 2 aliphatic heterocycles. The van der Waals surface area contributed by atoms with E-state index in [4.69, 9.17) is 14.5 Å². The van der Waals surface area contributed by atoms with Gasteiger partial charge in [0.15, 0.2) is 0 Å². The molecule has 1 aromatic carbocycles. The van der Waals surface area contributed by atoms with E-state index >= 15 is 0 Å². The molecule has 0 saturated carbocycles. The van der Waals surface area contributed by atoms with Crippen LogP contribution in [-0.4, -0.2) is 43.1 Å². The lowest BCUT2D eigenvalue weighted by atomic mass is 9.97. The zero-order chi connectivity index (χ0) is 21.3. The Labute approximate surface area is 193 Å². The van der Waals surface area contributed by atoms with Gasteiger partial charge in [-0.1, -0.05) is 12.1 Å². The van der Waals surface area contributed by atoms with Crippen LogP contribution in [0.3, 0.4) is 0 Å². The first-order valence-corrected chi connectivity index (χ1v) is 12.2. The third kappa shape index (κ3) is 3.74. The zero-order valence-electron chi connectivity index (χ0n) is 17.2. The minimum atomic E-state index is 0.583. The molecule has 0 N–H and O–H groups in total. The van der Waals surface area contributed by atoms with E-state index in [0.717, 1.165) is 11.1 Å². The number of pyridine rings is 1. The molecule has 2 aliphatic rings. The highest BCUT2D eigenvalue weighted by molar-refractivity contribution is 7.14. The lowest BCUT2D eigenvalue weighted by Gasteiger charge is -2.12. The van der Waals surface area contributed by atoms with Crippen molar-refractivity contribution in [1.82, 2.24) is 4.98 Å². The Morgan fingerprint density at radius 3 is 1.56 bits per heavy atom. The summed E-state index contributed by atoms with van der Waals surface area (Å²) in [6.07, 6.45) is 0. The van der Waals surface area contributed by atoms with Gasteiger partial charge in [0.25, 0.3) is 0 Å². The molecule has 7 heteroatoms. The molecule has 6 rings (SSSR count). The molecule has 4 aromatic rings. The Hall–Kier alpha value is -3.29. The molecule has 0 fully saturated rings. The van der Waals surface area contributed by atoms with Crippen molar-refractivity contribution in [2.75, 3.05) is 26.3 Å². The average Bonchev–Trinajstić information content (AvgIpc) is 3.67. The van der Waals surface area contributed by atoms with Crippen LogP contribution in [0.5, 0.6) is 0 Å². The van der Waals surface area contributed by atoms with Crippen molar-refractivity contribution >= 4 is 34.5 Å². The molecule has 0 bridgehead atoms. The maximum Gasteiger partial charge on any atom is 0.235 e. The monoisotopic (exact) mass is 457 g/mol. The van der Waals surface area contributed by atoms with Crippen LogP contribution in [0.4, 0.5) is 0 Å². The summed E-state index contributed by atoms with van der Waals surface area (Å²) in [5, 5.41) is 4.22. The fourth-order valence-electron chi connectivity index (χ4n) is 3.86. The third-order valence-electron chi connectivity index (χ3n) is 5.31. The van der Waals surface area contributed by atoms with Gasteiger partial charge < -0.3 is 9.47 Å². The highest BCUT2D eigenvalue weighted by atomic mass is 32.1. The van der Waals surface area contributed by atoms with Gasteiger partial charge in [0.05, 0.1) is 13.1 Å². The molecular formula is C25H19N3O2S2. The zero-order valence-corrected chi connectivity index (χ0v) is 18.8. The van der Waals surface area contributed by atoms with Crippen molar-refractivity contribution < 1.29 is 9.47 Å². The highest BCUT2D eigenvalue weighted by Crippen LogP contribution is 2.36. The smallest absolute Gasteiger partial charge is 0.235 e. The molecule has 5 nitrogen and oxygen atoms in total. The normalized spacial score (nSPS) is 15.2. The second kappa shape index (κ2) is 8.33. The molecule has 0 atom stereocenters. The number of nitrogens with zero attached hydrogens (tertiary/aromatic N) is 3. The number of hydrogen-bond donors (Lipinski definition) is 0. The van der Waals surface area contributed by atoms with Crippen LogP contribution in [0.1, 0.15) is 11.4 Å². The van der Waals surface area contributed by atoms with Gasteiger partial charge in [-0.2, -0.15) is 0 Å². The van der Waals surface area contributed by atoms with Crippen molar-refractivity contribution in [1.29, 1.82) is 0 Å². The summed E-state index contributed by atoms with van der Waals surface area (Å²) >= 11 is 3.49. The molecular weight excluding hydrogens is 438 g/mol. The molecule has 5 heterocycles. The number of benzene rings is 1. The van der Waals surface area contributed by atoms with Gasteiger partial charge in [0.2, 0.25) is 11.8 Å². The second-order valence-corrected chi connectivity index (χ2v) is 9.35. The summed E-state index contributed by atoms with van der Waals surface area (Å²) in [7, 11) is 0. The molecule has 0 spiro atoms. The standard InChI is InChI=1S/C25H19N3O2S2/c1-3-22(31-9-1)18-11-16(12-19(13-18)23-4-2-10-32-23)17-14-20(24-26-5-7-29-24)28-21(15-17)25-27-6-8-30-25/h1-4,9-15H,5-8H2. The lowest BCUT2D eigenvalue weighted by molar-refractivity contribution is 0.345. The number of aliphatic imine (C=N–C) groups is 2. The fourth-order valence-corrected chi connectivity index (χ4v) is 5.29. The minimum absolute atomic E-state index is 0.583. The van der Waals surface area contributed by atoms with Crippen molar-refractivity contribution in [2.24, 2.45) is 9.98 Å².